The normalized spacial score (nSPS) is 11.2. The minimum absolute atomic E-state index is 0.0239. The van der Waals surface area contributed by atoms with Crippen LogP contribution in [0.25, 0.3) is 0 Å². The van der Waals surface area contributed by atoms with Gasteiger partial charge < -0.3 is 19.5 Å². The summed E-state index contributed by atoms with van der Waals surface area (Å²) < 4.78 is 44.4. The summed E-state index contributed by atoms with van der Waals surface area (Å²) in [5.74, 6) is -0.325. The van der Waals surface area contributed by atoms with Crippen LogP contribution in [0.3, 0.4) is 0 Å². The minimum atomic E-state index is -4.16. The number of sulfonamides is 1. The fraction of sp³-hybridized carbons (Fsp3) is 0.524. The van der Waals surface area contributed by atoms with Gasteiger partial charge in [-0.25, -0.2) is 13.1 Å². The first kappa shape index (κ1) is 44.0. The van der Waals surface area contributed by atoms with Crippen molar-refractivity contribution >= 4 is 27.8 Å². The van der Waals surface area contributed by atoms with Crippen molar-refractivity contribution in [3.05, 3.63) is 83.2 Å². The number of nitrogens with zero attached hydrogens (tertiary/aromatic N) is 1. The zero-order chi connectivity index (χ0) is 39.0. The predicted octanol–water partition coefficient (Wildman–Crippen LogP) is 8.49. The van der Waals surface area contributed by atoms with E-state index < -0.39 is 15.9 Å². The van der Waals surface area contributed by atoms with Crippen molar-refractivity contribution in [1.82, 2.24) is 15.0 Å². The van der Waals surface area contributed by atoms with Crippen LogP contribution in [0.1, 0.15) is 143 Å². The van der Waals surface area contributed by atoms with E-state index in [0.717, 1.165) is 24.8 Å². The third-order valence-corrected chi connectivity index (χ3v) is 10.3. The van der Waals surface area contributed by atoms with Crippen LogP contribution in [0.4, 0.5) is 0 Å². The maximum Gasteiger partial charge on any atom is 0.306 e. The molecule has 0 aliphatic heterocycles. The van der Waals surface area contributed by atoms with Crippen LogP contribution >= 0.6 is 0 Å². The van der Waals surface area contributed by atoms with Crippen LogP contribution in [0.2, 0.25) is 0 Å². The van der Waals surface area contributed by atoms with E-state index in [1.807, 2.05) is 13.8 Å². The zero-order valence-corrected chi connectivity index (χ0v) is 33.1. The van der Waals surface area contributed by atoms with Crippen molar-refractivity contribution in [3.63, 3.8) is 0 Å². The summed E-state index contributed by atoms with van der Waals surface area (Å²) in [6, 6.07) is 14.0. The number of rotatable bonds is 27. The Morgan fingerprint density at radius 1 is 0.667 bits per heavy atom. The summed E-state index contributed by atoms with van der Waals surface area (Å²) in [5.41, 5.74) is 1.73. The molecule has 3 rings (SSSR count). The molecule has 0 aliphatic carbocycles. The minimum Gasteiger partial charge on any atom is -0.490 e. The molecule has 0 radical (unpaired) electrons. The molecule has 296 valence electrons. The zero-order valence-electron chi connectivity index (χ0n) is 32.3. The van der Waals surface area contributed by atoms with E-state index in [4.69, 9.17) is 14.2 Å². The molecule has 54 heavy (non-hydrogen) atoms. The van der Waals surface area contributed by atoms with Crippen LogP contribution in [-0.4, -0.2) is 50.9 Å². The predicted molar refractivity (Wildman–Crippen MR) is 210 cm³/mol. The Morgan fingerprint density at radius 3 is 1.85 bits per heavy atom. The molecule has 11 nitrogen and oxygen atoms in total. The Bertz CT molecular complexity index is 1680. The van der Waals surface area contributed by atoms with Gasteiger partial charge in [0, 0.05) is 24.7 Å². The molecular weight excluding hydrogens is 707 g/mol. The van der Waals surface area contributed by atoms with E-state index in [1.54, 1.807) is 30.3 Å². The fourth-order valence-corrected chi connectivity index (χ4v) is 6.82. The number of benzene rings is 2. The van der Waals surface area contributed by atoms with Crippen molar-refractivity contribution in [1.29, 1.82) is 0 Å². The molecule has 0 saturated heterocycles. The van der Waals surface area contributed by atoms with Crippen molar-refractivity contribution in [2.75, 3.05) is 19.8 Å². The third-order valence-electron chi connectivity index (χ3n) is 8.92. The van der Waals surface area contributed by atoms with Gasteiger partial charge in [0.25, 0.3) is 21.8 Å². The smallest absolute Gasteiger partial charge is 0.306 e. The van der Waals surface area contributed by atoms with E-state index in [0.29, 0.717) is 55.4 Å². The SMILES string of the molecule is CCCCCCCCCCCCCCCC(=O)OCc1ccc(C(=O)NS(=O)(=O)c2ccc(CCNC(=O)c3ccc(OCC)c(OCC)c3)cc2)cn1. The summed E-state index contributed by atoms with van der Waals surface area (Å²) in [6.07, 6.45) is 18.1. The van der Waals surface area contributed by atoms with E-state index >= 15 is 0 Å². The number of carbonyl (C=O) groups excluding carboxylic acids is 3. The fourth-order valence-electron chi connectivity index (χ4n) is 5.85. The maximum atomic E-state index is 12.9. The lowest BCUT2D eigenvalue weighted by molar-refractivity contribution is -0.145. The van der Waals surface area contributed by atoms with Crippen LogP contribution in [-0.2, 0) is 32.6 Å². The molecule has 1 heterocycles. The number of pyridine rings is 1. The van der Waals surface area contributed by atoms with Crippen molar-refractivity contribution in [2.24, 2.45) is 0 Å². The number of hydrogen-bond acceptors (Lipinski definition) is 9. The molecule has 0 atom stereocenters. The van der Waals surface area contributed by atoms with Gasteiger partial charge >= 0.3 is 5.97 Å². The summed E-state index contributed by atoms with van der Waals surface area (Å²) in [6.45, 7) is 7.18. The van der Waals surface area contributed by atoms with Gasteiger partial charge in [-0.3, -0.25) is 19.4 Å². The Balaban J connectivity index is 1.33. The number of hydrogen-bond donors (Lipinski definition) is 2. The van der Waals surface area contributed by atoms with Crippen molar-refractivity contribution in [2.45, 2.75) is 129 Å². The average Bonchev–Trinajstić information content (AvgIpc) is 3.17. The summed E-state index contributed by atoms with van der Waals surface area (Å²) in [4.78, 5) is 41.7. The molecule has 2 N–H and O–H groups in total. The van der Waals surface area contributed by atoms with Gasteiger partial charge in [0.15, 0.2) is 11.5 Å². The second kappa shape index (κ2) is 24.8. The van der Waals surface area contributed by atoms with Gasteiger partial charge in [-0.15, -0.1) is 0 Å². The first-order valence-corrected chi connectivity index (χ1v) is 21.1. The molecule has 0 bridgehead atoms. The Morgan fingerprint density at radius 2 is 1.26 bits per heavy atom. The molecule has 0 aliphatic rings. The summed E-state index contributed by atoms with van der Waals surface area (Å²) >= 11 is 0. The number of carbonyl (C=O) groups is 3. The van der Waals surface area contributed by atoms with Gasteiger partial charge in [-0.2, -0.15) is 0 Å². The van der Waals surface area contributed by atoms with E-state index in [2.05, 4.69) is 21.9 Å². The van der Waals surface area contributed by atoms with Crippen molar-refractivity contribution < 1.29 is 37.0 Å². The highest BCUT2D eigenvalue weighted by atomic mass is 32.2. The standard InChI is InChI=1S/C42H59N3O8S/c1-4-7-8-9-10-11-12-13-14-15-16-17-18-19-40(46)53-32-36-24-22-35(31-44-36)42(48)45-54(49,50)37-25-20-33(21-26-37)28-29-43-41(47)34-23-27-38(51-5-2)39(30-34)52-6-3/h20-27,30-31H,4-19,28-29,32H2,1-3H3,(H,43,47)(H,45,48). The monoisotopic (exact) mass is 765 g/mol. The Hall–Kier alpha value is -4.45. The largest absolute Gasteiger partial charge is 0.490 e. The quantitative estimate of drug-likeness (QED) is 0.0575. The lowest BCUT2D eigenvalue weighted by atomic mass is 10.0. The molecule has 0 saturated carbocycles. The number of nitrogens with one attached hydrogen (secondary N) is 2. The molecular formula is C42H59N3O8S. The lowest BCUT2D eigenvalue weighted by Gasteiger charge is -2.12. The van der Waals surface area contributed by atoms with Crippen LogP contribution in [0, 0.1) is 0 Å². The number of unbranched alkanes of at least 4 members (excludes halogenated alkanes) is 12. The molecule has 3 aromatic rings. The van der Waals surface area contributed by atoms with Gasteiger partial charge in [0.2, 0.25) is 0 Å². The number of ether oxygens (including phenoxy) is 3. The average molecular weight is 766 g/mol. The molecule has 12 heteroatoms. The van der Waals surface area contributed by atoms with Crippen molar-refractivity contribution in [3.8, 4) is 11.5 Å². The highest BCUT2D eigenvalue weighted by Crippen LogP contribution is 2.28. The number of aromatic nitrogens is 1. The molecule has 0 spiro atoms. The summed E-state index contributed by atoms with van der Waals surface area (Å²) in [7, 11) is -4.16. The Kier molecular flexibility index (Phi) is 20.2. The molecule has 2 aromatic carbocycles. The first-order valence-electron chi connectivity index (χ1n) is 19.6. The molecule has 0 fully saturated rings. The maximum absolute atomic E-state index is 12.9. The van der Waals surface area contributed by atoms with Gasteiger partial charge in [0.05, 0.1) is 29.4 Å². The van der Waals surface area contributed by atoms with E-state index in [1.165, 1.54) is 94.7 Å². The first-order chi connectivity index (χ1) is 26.2. The molecule has 1 aromatic heterocycles. The molecule has 2 amide bonds. The highest BCUT2D eigenvalue weighted by molar-refractivity contribution is 7.90. The summed E-state index contributed by atoms with van der Waals surface area (Å²) in [5, 5.41) is 2.86. The topological polar surface area (TPSA) is 150 Å². The second-order valence-corrected chi connectivity index (χ2v) is 15.0. The van der Waals surface area contributed by atoms with Crippen LogP contribution in [0.15, 0.2) is 65.7 Å². The third kappa shape index (κ3) is 16.3. The van der Waals surface area contributed by atoms with Crippen LogP contribution in [0.5, 0.6) is 11.5 Å². The highest BCUT2D eigenvalue weighted by Gasteiger charge is 2.19. The number of amides is 2. The van der Waals surface area contributed by atoms with Gasteiger partial charge in [-0.05, 0) is 74.7 Å². The molecule has 0 unspecified atom stereocenters. The second-order valence-electron chi connectivity index (χ2n) is 13.3. The lowest BCUT2D eigenvalue weighted by Crippen LogP contribution is -2.30. The van der Waals surface area contributed by atoms with Crippen LogP contribution < -0.4 is 19.5 Å². The Labute approximate surface area is 322 Å². The van der Waals surface area contributed by atoms with E-state index in [9.17, 15) is 22.8 Å². The van der Waals surface area contributed by atoms with Gasteiger partial charge in [0.1, 0.15) is 6.61 Å². The van der Waals surface area contributed by atoms with Gasteiger partial charge in [-0.1, -0.05) is 96.1 Å². The number of esters is 1. The van der Waals surface area contributed by atoms with E-state index in [-0.39, 0.29) is 28.9 Å².